The third kappa shape index (κ3) is 5.10. The Kier molecular flexibility index (Phi) is 7.27. The van der Waals surface area contributed by atoms with Crippen molar-refractivity contribution in [1.29, 1.82) is 0 Å². The number of benzene rings is 2. The zero-order valence-corrected chi connectivity index (χ0v) is 13.3. The molecule has 1 unspecified atom stereocenters. The van der Waals surface area contributed by atoms with Crippen LogP contribution in [-0.4, -0.2) is 17.4 Å². The van der Waals surface area contributed by atoms with Crippen molar-refractivity contribution >= 4 is 18.3 Å². The second kappa shape index (κ2) is 8.94. The summed E-state index contributed by atoms with van der Waals surface area (Å²) in [5.41, 5.74) is 7.55. The number of nitrogens with two attached hydrogens (primary N) is 1. The summed E-state index contributed by atoms with van der Waals surface area (Å²) < 4.78 is 12.9. The molecule has 0 radical (unpaired) electrons. The quantitative estimate of drug-likeness (QED) is 0.856. The largest absolute Gasteiger partial charge is 0.326 e. The molecule has 0 bridgehead atoms. The molecular weight excluding hydrogens is 315 g/mol. The summed E-state index contributed by atoms with van der Waals surface area (Å²) in [5.74, 6) is 1.89. The van der Waals surface area contributed by atoms with Gasteiger partial charge in [-0.1, -0.05) is 48.4 Å². The zero-order valence-electron chi connectivity index (χ0n) is 12.5. The fourth-order valence-electron chi connectivity index (χ4n) is 2.13. The molecule has 2 aromatic rings. The van der Waals surface area contributed by atoms with E-state index in [2.05, 4.69) is 5.92 Å². The molecule has 0 spiro atoms. The Hall–Kier alpha value is -2.35. The van der Waals surface area contributed by atoms with Crippen LogP contribution in [0.5, 0.6) is 0 Å². The van der Waals surface area contributed by atoms with Gasteiger partial charge in [-0.3, -0.25) is 4.79 Å². The van der Waals surface area contributed by atoms with Gasteiger partial charge in [0, 0.05) is 6.54 Å². The van der Waals surface area contributed by atoms with Gasteiger partial charge >= 0.3 is 0 Å². The van der Waals surface area contributed by atoms with Gasteiger partial charge in [0.25, 0.3) is 0 Å². The fourth-order valence-corrected chi connectivity index (χ4v) is 2.13. The van der Waals surface area contributed by atoms with Crippen molar-refractivity contribution in [3.63, 3.8) is 0 Å². The van der Waals surface area contributed by atoms with Crippen LogP contribution in [-0.2, 0) is 11.3 Å². The van der Waals surface area contributed by atoms with Gasteiger partial charge in [0.2, 0.25) is 5.91 Å². The SMILES string of the molecule is C#CCN(Cc1ccc(F)cc1)C(=O)C(N)c1ccccc1.Cl. The molecule has 0 aliphatic carbocycles. The van der Waals surface area contributed by atoms with Gasteiger partial charge in [-0.15, -0.1) is 18.8 Å². The molecule has 2 aromatic carbocycles. The third-order valence-electron chi connectivity index (χ3n) is 3.31. The number of terminal acetylenes is 1. The number of rotatable bonds is 5. The summed E-state index contributed by atoms with van der Waals surface area (Å²) >= 11 is 0. The Balaban J connectivity index is 0.00000264. The lowest BCUT2D eigenvalue weighted by molar-refractivity contribution is -0.132. The van der Waals surface area contributed by atoms with Gasteiger partial charge in [0.1, 0.15) is 11.9 Å². The normalized spacial score (nSPS) is 11.0. The van der Waals surface area contributed by atoms with Crippen LogP contribution < -0.4 is 5.73 Å². The topological polar surface area (TPSA) is 46.3 Å². The van der Waals surface area contributed by atoms with Crippen molar-refractivity contribution in [2.24, 2.45) is 5.73 Å². The van der Waals surface area contributed by atoms with E-state index in [9.17, 15) is 9.18 Å². The van der Waals surface area contributed by atoms with Gasteiger partial charge in [0.15, 0.2) is 0 Å². The molecular formula is C18H18ClFN2O. The third-order valence-corrected chi connectivity index (χ3v) is 3.31. The highest BCUT2D eigenvalue weighted by atomic mass is 35.5. The average molecular weight is 333 g/mol. The fraction of sp³-hybridized carbons (Fsp3) is 0.167. The molecule has 1 amide bonds. The molecule has 0 aromatic heterocycles. The van der Waals surface area contributed by atoms with E-state index in [1.807, 2.05) is 18.2 Å². The van der Waals surface area contributed by atoms with E-state index in [4.69, 9.17) is 12.2 Å². The Morgan fingerprint density at radius 2 is 1.78 bits per heavy atom. The first-order valence-corrected chi connectivity index (χ1v) is 6.89. The van der Waals surface area contributed by atoms with Crippen molar-refractivity contribution in [3.8, 4) is 12.3 Å². The van der Waals surface area contributed by atoms with Crippen LogP contribution in [0.2, 0.25) is 0 Å². The summed E-state index contributed by atoms with van der Waals surface area (Å²) in [4.78, 5) is 14.0. The molecule has 1 atom stereocenters. The maximum absolute atomic E-state index is 12.9. The van der Waals surface area contributed by atoms with Crippen LogP contribution >= 0.6 is 12.4 Å². The van der Waals surface area contributed by atoms with E-state index in [0.29, 0.717) is 6.54 Å². The van der Waals surface area contributed by atoms with E-state index in [1.54, 1.807) is 24.3 Å². The minimum Gasteiger partial charge on any atom is -0.326 e. The molecule has 0 heterocycles. The van der Waals surface area contributed by atoms with E-state index in [1.165, 1.54) is 17.0 Å². The van der Waals surface area contributed by atoms with E-state index < -0.39 is 6.04 Å². The van der Waals surface area contributed by atoms with Crippen LogP contribution in [0, 0.1) is 18.2 Å². The second-order valence-electron chi connectivity index (χ2n) is 4.91. The molecule has 2 rings (SSSR count). The lowest BCUT2D eigenvalue weighted by atomic mass is 10.1. The Morgan fingerprint density at radius 3 is 2.35 bits per heavy atom. The molecule has 0 saturated heterocycles. The standard InChI is InChI=1S/C18H17FN2O.ClH/c1-2-12-21(13-14-8-10-16(19)11-9-14)18(22)17(20)15-6-4-3-5-7-15;/h1,3-11,17H,12-13,20H2;1H. The molecule has 0 aliphatic rings. The first-order valence-electron chi connectivity index (χ1n) is 6.89. The van der Waals surface area contributed by atoms with Crippen molar-refractivity contribution in [1.82, 2.24) is 4.90 Å². The van der Waals surface area contributed by atoms with E-state index in [0.717, 1.165) is 11.1 Å². The number of nitrogens with zero attached hydrogens (tertiary/aromatic N) is 1. The summed E-state index contributed by atoms with van der Waals surface area (Å²) in [6.45, 7) is 0.445. The summed E-state index contributed by atoms with van der Waals surface area (Å²) in [5, 5.41) is 0. The number of carbonyl (C=O) groups is 1. The van der Waals surface area contributed by atoms with Gasteiger partial charge in [-0.25, -0.2) is 4.39 Å². The highest BCUT2D eigenvalue weighted by molar-refractivity contribution is 5.85. The van der Waals surface area contributed by atoms with E-state index in [-0.39, 0.29) is 30.7 Å². The Morgan fingerprint density at radius 1 is 1.17 bits per heavy atom. The molecule has 0 aliphatic heterocycles. The second-order valence-corrected chi connectivity index (χ2v) is 4.91. The molecule has 3 nitrogen and oxygen atoms in total. The molecule has 23 heavy (non-hydrogen) atoms. The highest BCUT2D eigenvalue weighted by Gasteiger charge is 2.22. The first kappa shape index (κ1) is 18.7. The number of hydrogen-bond acceptors (Lipinski definition) is 2. The molecule has 120 valence electrons. The predicted octanol–water partition coefficient (Wildman–Crippen LogP) is 2.91. The maximum Gasteiger partial charge on any atom is 0.245 e. The van der Waals surface area contributed by atoms with Crippen LogP contribution in [0.4, 0.5) is 4.39 Å². The van der Waals surface area contributed by atoms with Crippen molar-refractivity contribution in [3.05, 3.63) is 71.5 Å². The smallest absolute Gasteiger partial charge is 0.245 e. The Bertz CT molecular complexity index is 668. The van der Waals surface area contributed by atoms with Crippen molar-refractivity contribution < 1.29 is 9.18 Å². The zero-order chi connectivity index (χ0) is 15.9. The lowest BCUT2D eigenvalue weighted by Crippen LogP contribution is -2.38. The minimum absolute atomic E-state index is 0. The number of hydrogen-bond donors (Lipinski definition) is 1. The minimum atomic E-state index is -0.769. The van der Waals surface area contributed by atoms with Gasteiger partial charge in [-0.2, -0.15) is 0 Å². The van der Waals surface area contributed by atoms with Crippen molar-refractivity contribution in [2.45, 2.75) is 12.6 Å². The average Bonchev–Trinajstić information content (AvgIpc) is 2.56. The molecule has 0 fully saturated rings. The molecule has 2 N–H and O–H groups in total. The lowest BCUT2D eigenvalue weighted by Gasteiger charge is -2.24. The van der Waals surface area contributed by atoms with Gasteiger partial charge < -0.3 is 10.6 Å². The summed E-state index contributed by atoms with van der Waals surface area (Å²) in [7, 11) is 0. The van der Waals surface area contributed by atoms with Crippen LogP contribution in [0.15, 0.2) is 54.6 Å². The van der Waals surface area contributed by atoms with Gasteiger partial charge in [-0.05, 0) is 23.3 Å². The summed E-state index contributed by atoms with van der Waals surface area (Å²) in [6.07, 6.45) is 5.34. The van der Waals surface area contributed by atoms with Crippen LogP contribution in [0.1, 0.15) is 17.2 Å². The highest BCUT2D eigenvalue weighted by Crippen LogP contribution is 2.15. The summed E-state index contributed by atoms with van der Waals surface area (Å²) in [6, 6.07) is 14.3. The van der Waals surface area contributed by atoms with Crippen molar-refractivity contribution in [2.75, 3.05) is 6.54 Å². The molecule has 5 heteroatoms. The number of carbonyl (C=O) groups excluding carboxylic acids is 1. The van der Waals surface area contributed by atoms with Gasteiger partial charge in [0.05, 0.1) is 6.54 Å². The van der Waals surface area contributed by atoms with Crippen LogP contribution in [0.3, 0.4) is 0 Å². The first-order chi connectivity index (χ1) is 10.6. The maximum atomic E-state index is 12.9. The van der Waals surface area contributed by atoms with Crippen LogP contribution in [0.25, 0.3) is 0 Å². The number of amides is 1. The number of halogens is 2. The monoisotopic (exact) mass is 332 g/mol. The van der Waals surface area contributed by atoms with E-state index >= 15 is 0 Å². The predicted molar refractivity (Wildman–Crippen MR) is 91.3 cm³/mol. The molecule has 0 saturated carbocycles. The Labute approximate surface area is 141 Å².